The maximum Gasteiger partial charge on any atom is 0.295 e. The number of nitrogens with zero attached hydrogens (tertiary/aromatic N) is 1. The van der Waals surface area contributed by atoms with E-state index in [1.165, 1.54) is 17.0 Å². The number of carbonyl (C=O) groups is 2. The van der Waals surface area contributed by atoms with Gasteiger partial charge in [0.1, 0.15) is 24.7 Å². The second kappa shape index (κ2) is 8.83. The molecule has 1 saturated heterocycles. The zero-order valence-electron chi connectivity index (χ0n) is 19.4. The van der Waals surface area contributed by atoms with E-state index in [0.717, 1.165) is 16.7 Å². The van der Waals surface area contributed by atoms with Crippen LogP contribution in [0.5, 0.6) is 17.2 Å². The topological polar surface area (TPSA) is 96.3 Å². The Bertz CT molecular complexity index is 1360. The molecule has 1 amide bonds. The Labute approximate surface area is 202 Å². The van der Waals surface area contributed by atoms with Crippen LogP contribution in [0, 0.1) is 13.8 Å². The van der Waals surface area contributed by atoms with Crippen LogP contribution in [0.15, 0.2) is 66.2 Å². The van der Waals surface area contributed by atoms with Crippen molar-refractivity contribution in [3.05, 3.63) is 94.1 Å². The number of phenolic OH excluding ortho intramolecular Hbond substituents is 1. The third-order valence-corrected chi connectivity index (χ3v) is 6.41. The molecular weight excluding hydrogens is 446 g/mol. The number of hydrogen-bond acceptors (Lipinski definition) is 6. The Morgan fingerprint density at radius 1 is 0.943 bits per heavy atom. The largest absolute Gasteiger partial charge is 0.508 e. The van der Waals surface area contributed by atoms with Gasteiger partial charge in [-0.15, -0.1) is 0 Å². The van der Waals surface area contributed by atoms with Crippen molar-refractivity contribution in [2.24, 2.45) is 0 Å². The molecule has 178 valence electrons. The number of aliphatic hydroxyl groups is 1. The van der Waals surface area contributed by atoms with Gasteiger partial charge in [0.15, 0.2) is 11.5 Å². The number of carbonyl (C=O) groups excluding carboxylic acids is 2. The molecule has 2 heterocycles. The first-order valence-corrected chi connectivity index (χ1v) is 11.4. The van der Waals surface area contributed by atoms with Crippen molar-refractivity contribution >= 4 is 17.4 Å². The van der Waals surface area contributed by atoms with E-state index in [4.69, 9.17) is 9.47 Å². The number of fused-ring (bicyclic) bond motifs is 1. The average Bonchev–Trinajstić information content (AvgIpc) is 3.11. The molecule has 0 aliphatic carbocycles. The Kier molecular flexibility index (Phi) is 5.68. The minimum absolute atomic E-state index is 0.0114. The molecule has 3 aromatic carbocycles. The number of ketones is 1. The van der Waals surface area contributed by atoms with Gasteiger partial charge in [-0.3, -0.25) is 9.59 Å². The summed E-state index contributed by atoms with van der Waals surface area (Å²) in [6, 6.07) is 16.3. The summed E-state index contributed by atoms with van der Waals surface area (Å²) in [5, 5.41) is 21.1. The van der Waals surface area contributed by atoms with Crippen LogP contribution in [0.1, 0.15) is 33.9 Å². The maximum atomic E-state index is 13.3. The maximum absolute atomic E-state index is 13.3. The van der Waals surface area contributed by atoms with E-state index >= 15 is 0 Å². The molecule has 35 heavy (non-hydrogen) atoms. The van der Waals surface area contributed by atoms with Gasteiger partial charge in [0.2, 0.25) is 0 Å². The molecule has 2 aliphatic rings. The number of benzene rings is 3. The highest BCUT2D eigenvalue weighted by atomic mass is 16.6. The number of amides is 1. The molecule has 7 nitrogen and oxygen atoms in total. The molecule has 3 aromatic rings. The molecule has 1 unspecified atom stereocenters. The standard InChI is InChI=1S/C28H25NO6/c1-16-3-4-17(2)20(13-16)15-29-25(18-5-8-21(30)9-6-18)24(27(32)28(29)33)26(31)19-7-10-22-23(14-19)35-12-11-34-22/h3-10,13-14,25,30-31H,11-12,15H2,1-2H3/b26-24-. The van der Waals surface area contributed by atoms with Crippen LogP contribution in [-0.2, 0) is 16.1 Å². The van der Waals surface area contributed by atoms with Crippen LogP contribution in [0.4, 0.5) is 0 Å². The monoisotopic (exact) mass is 471 g/mol. The number of aryl methyl sites for hydroxylation is 2. The van der Waals surface area contributed by atoms with Gasteiger partial charge in [0.05, 0.1) is 11.6 Å². The van der Waals surface area contributed by atoms with Crippen molar-refractivity contribution in [1.82, 2.24) is 4.90 Å². The molecule has 0 bridgehead atoms. The van der Waals surface area contributed by atoms with Crippen molar-refractivity contribution in [3.8, 4) is 17.2 Å². The number of ether oxygens (including phenoxy) is 2. The van der Waals surface area contributed by atoms with Gasteiger partial charge in [-0.05, 0) is 60.9 Å². The number of aromatic hydroxyl groups is 1. The zero-order valence-corrected chi connectivity index (χ0v) is 19.4. The molecular formula is C28H25NO6. The van der Waals surface area contributed by atoms with Gasteiger partial charge in [0.25, 0.3) is 11.7 Å². The smallest absolute Gasteiger partial charge is 0.295 e. The Morgan fingerprint density at radius 2 is 1.66 bits per heavy atom. The van der Waals surface area contributed by atoms with Gasteiger partial charge < -0.3 is 24.6 Å². The summed E-state index contributed by atoms with van der Waals surface area (Å²) >= 11 is 0. The van der Waals surface area contributed by atoms with E-state index in [-0.39, 0.29) is 23.6 Å². The van der Waals surface area contributed by atoms with Crippen molar-refractivity contribution in [2.75, 3.05) is 13.2 Å². The number of aliphatic hydroxyl groups excluding tert-OH is 1. The molecule has 2 aliphatic heterocycles. The van der Waals surface area contributed by atoms with E-state index < -0.39 is 17.7 Å². The number of rotatable bonds is 4. The summed E-state index contributed by atoms with van der Waals surface area (Å²) in [6.45, 7) is 4.93. The molecule has 0 saturated carbocycles. The number of phenols is 1. The summed E-state index contributed by atoms with van der Waals surface area (Å²) in [5.74, 6) is -0.665. The number of hydrogen-bond donors (Lipinski definition) is 2. The van der Waals surface area contributed by atoms with Crippen LogP contribution in [0.3, 0.4) is 0 Å². The highest BCUT2D eigenvalue weighted by molar-refractivity contribution is 6.46. The first-order chi connectivity index (χ1) is 16.8. The lowest BCUT2D eigenvalue weighted by Crippen LogP contribution is -2.29. The first kappa shape index (κ1) is 22.5. The fourth-order valence-electron chi connectivity index (χ4n) is 4.55. The quantitative estimate of drug-likeness (QED) is 0.333. The summed E-state index contributed by atoms with van der Waals surface area (Å²) in [6.07, 6.45) is 0. The first-order valence-electron chi connectivity index (χ1n) is 11.4. The predicted molar refractivity (Wildman–Crippen MR) is 129 cm³/mol. The second-order valence-electron chi connectivity index (χ2n) is 8.81. The van der Waals surface area contributed by atoms with Crippen LogP contribution in [-0.4, -0.2) is 40.0 Å². The van der Waals surface area contributed by atoms with Crippen LogP contribution >= 0.6 is 0 Å². The van der Waals surface area contributed by atoms with Crippen molar-refractivity contribution in [3.63, 3.8) is 0 Å². The minimum Gasteiger partial charge on any atom is -0.508 e. The number of likely N-dealkylation sites (tertiary alicyclic amines) is 1. The molecule has 2 N–H and O–H groups in total. The summed E-state index contributed by atoms with van der Waals surface area (Å²) in [4.78, 5) is 28.0. The van der Waals surface area contributed by atoms with Gasteiger partial charge in [-0.2, -0.15) is 0 Å². The molecule has 7 heteroatoms. The van der Waals surface area contributed by atoms with Crippen LogP contribution in [0.2, 0.25) is 0 Å². The fourth-order valence-corrected chi connectivity index (χ4v) is 4.55. The van der Waals surface area contributed by atoms with Gasteiger partial charge in [-0.1, -0.05) is 35.9 Å². The zero-order chi connectivity index (χ0) is 24.7. The highest BCUT2D eigenvalue weighted by Crippen LogP contribution is 2.42. The molecule has 1 atom stereocenters. The molecule has 0 aromatic heterocycles. The van der Waals surface area contributed by atoms with Gasteiger partial charge in [0, 0.05) is 12.1 Å². The third kappa shape index (κ3) is 4.10. The average molecular weight is 472 g/mol. The van der Waals surface area contributed by atoms with E-state index in [9.17, 15) is 19.8 Å². The van der Waals surface area contributed by atoms with Crippen LogP contribution in [0.25, 0.3) is 5.76 Å². The minimum atomic E-state index is -0.830. The molecule has 0 radical (unpaired) electrons. The van der Waals surface area contributed by atoms with E-state index in [1.54, 1.807) is 30.3 Å². The lowest BCUT2D eigenvalue weighted by molar-refractivity contribution is -0.140. The number of Topliss-reactive ketones (excluding diaryl/α,β-unsaturated/α-hetero) is 1. The highest BCUT2D eigenvalue weighted by Gasteiger charge is 2.46. The van der Waals surface area contributed by atoms with Crippen molar-refractivity contribution in [2.45, 2.75) is 26.4 Å². The molecule has 1 fully saturated rings. The third-order valence-electron chi connectivity index (χ3n) is 6.41. The normalized spacial score (nSPS) is 18.7. The Balaban J connectivity index is 1.64. The van der Waals surface area contributed by atoms with E-state index in [2.05, 4.69) is 0 Å². The summed E-state index contributed by atoms with van der Waals surface area (Å²) in [5.41, 5.74) is 3.89. The summed E-state index contributed by atoms with van der Waals surface area (Å²) < 4.78 is 11.2. The Morgan fingerprint density at radius 3 is 2.40 bits per heavy atom. The second-order valence-corrected chi connectivity index (χ2v) is 8.81. The Hall–Kier alpha value is -4.26. The van der Waals surface area contributed by atoms with Crippen LogP contribution < -0.4 is 9.47 Å². The van der Waals surface area contributed by atoms with E-state index in [0.29, 0.717) is 35.8 Å². The predicted octanol–water partition coefficient (Wildman–Crippen LogP) is 4.40. The SMILES string of the molecule is Cc1ccc(C)c(CN2C(=O)C(=O)/C(=C(\O)c3ccc4c(c3)OCCO4)C2c2ccc(O)cc2)c1. The fraction of sp³-hybridized carbons (Fsp3) is 0.214. The van der Waals surface area contributed by atoms with Crippen molar-refractivity contribution < 1.29 is 29.3 Å². The molecule has 0 spiro atoms. The van der Waals surface area contributed by atoms with Gasteiger partial charge >= 0.3 is 0 Å². The lowest BCUT2D eigenvalue weighted by Gasteiger charge is -2.26. The molecule has 5 rings (SSSR count). The lowest BCUT2D eigenvalue weighted by atomic mass is 9.94. The summed E-state index contributed by atoms with van der Waals surface area (Å²) in [7, 11) is 0. The van der Waals surface area contributed by atoms with E-state index in [1.807, 2.05) is 32.0 Å². The van der Waals surface area contributed by atoms with Gasteiger partial charge in [-0.25, -0.2) is 0 Å². The van der Waals surface area contributed by atoms with Crippen molar-refractivity contribution in [1.29, 1.82) is 0 Å².